The van der Waals surface area contributed by atoms with Crippen molar-refractivity contribution in [1.82, 2.24) is 0 Å². The molecule has 0 N–H and O–H groups in total. The van der Waals surface area contributed by atoms with E-state index >= 15 is 0 Å². The summed E-state index contributed by atoms with van der Waals surface area (Å²) in [6.07, 6.45) is 0.583. The van der Waals surface area contributed by atoms with Crippen molar-refractivity contribution in [2.45, 2.75) is 26.9 Å². The van der Waals surface area contributed by atoms with E-state index in [1.165, 1.54) is 13.8 Å². The van der Waals surface area contributed by atoms with E-state index in [9.17, 15) is 4.79 Å². The highest BCUT2D eigenvalue weighted by Crippen LogP contribution is 2.04. The van der Waals surface area contributed by atoms with Gasteiger partial charge < -0.3 is 9.53 Å². The van der Waals surface area contributed by atoms with E-state index in [1.807, 2.05) is 0 Å². The monoisotopic (exact) mass is 116 g/mol. The van der Waals surface area contributed by atoms with Gasteiger partial charge in [-0.25, -0.2) is 0 Å². The number of Topliss-reactive ketones (excluding diaryl/α,β-unsaturated/α-hetero) is 1. The van der Waals surface area contributed by atoms with Crippen molar-refractivity contribution in [3.8, 4) is 0 Å². The summed E-state index contributed by atoms with van der Waals surface area (Å²) in [5, 5.41) is 0. The van der Waals surface area contributed by atoms with E-state index in [-0.39, 0.29) is 5.78 Å². The molecule has 1 fully saturated rings. The van der Waals surface area contributed by atoms with Gasteiger partial charge >= 0.3 is 0 Å². The van der Waals surface area contributed by atoms with Crippen LogP contribution < -0.4 is 0 Å². The standard InChI is InChI=1S/2C3H6O/c1-3-2-4-3;1-3(2)4/h3H,2H2,1H3;1-2H3. The molecule has 8 heavy (non-hydrogen) atoms. The molecule has 2 nitrogen and oxygen atoms in total. The number of carbonyl (C=O) groups is 1. The van der Waals surface area contributed by atoms with Gasteiger partial charge in [-0.15, -0.1) is 0 Å². The molecule has 0 aromatic carbocycles. The van der Waals surface area contributed by atoms with Crippen LogP contribution >= 0.6 is 0 Å². The Kier molecular flexibility index (Phi) is 3.44. The summed E-state index contributed by atoms with van der Waals surface area (Å²) in [7, 11) is 0. The molecule has 0 aliphatic carbocycles. The highest BCUT2D eigenvalue weighted by molar-refractivity contribution is 5.72. The first-order chi connectivity index (χ1) is 3.63. The zero-order valence-corrected chi connectivity index (χ0v) is 5.60. The van der Waals surface area contributed by atoms with Crippen molar-refractivity contribution in [2.75, 3.05) is 6.61 Å². The van der Waals surface area contributed by atoms with Crippen molar-refractivity contribution < 1.29 is 9.53 Å². The van der Waals surface area contributed by atoms with Gasteiger partial charge in [-0.3, -0.25) is 0 Å². The molecular weight excluding hydrogens is 104 g/mol. The molecule has 1 aliphatic heterocycles. The topological polar surface area (TPSA) is 29.6 Å². The summed E-state index contributed by atoms with van der Waals surface area (Å²) in [5.41, 5.74) is 0. The van der Waals surface area contributed by atoms with Crippen LogP contribution in [0.2, 0.25) is 0 Å². The predicted molar refractivity (Wildman–Crippen MR) is 31.8 cm³/mol. The van der Waals surface area contributed by atoms with Crippen molar-refractivity contribution in [2.24, 2.45) is 0 Å². The molecular formula is C6H12O2. The normalized spacial score (nSPS) is 23.1. The number of hydrogen-bond donors (Lipinski definition) is 0. The molecule has 1 unspecified atom stereocenters. The predicted octanol–water partition coefficient (Wildman–Crippen LogP) is 1.00. The minimum Gasteiger partial charge on any atom is -0.373 e. The molecule has 0 amide bonds. The van der Waals surface area contributed by atoms with E-state index in [1.54, 1.807) is 0 Å². The second-order valence-electron chi connectivity index (χ2n) is 2.05. The highest BCUT2D eigenvalue weighted by atomic mass is 16.6. The van der Waals surface area contributed by atoms with E-state index in [0.717, 1.165) is 6.61 Å². The Hall–Kier alpha value is -0.370. The summed E-state index contributed by atoms with van der Waals surface area (Å²) in [6, 6.07) is 0. The average Bonchev–Trinajstić information content (AvgIpc) is 2.19. The van der Waals surface area contributed by atoms with Gasteiger partial charge in [-0.05, 0) is 20.8 Å². The molecule has 0 aromatic heterocycles. The SMILES string of the molecule is CC(C)=O.CC1CO1. The van der Waals surface area contributed by atoms with E-state index in [4.69, 9.17) is 4.74 Å². The molecule has 0 saturated carbocycles. The molecule has 0 aromatic rings. The second-order valence-corrected chi connectivity index (χ2v) is 2.05. The largest absolute Gasteiger partial charge is 0.373 e. The minimum atomic E-state index is 0.167. The fourth-order valence-electron chi connectivity index (χ4n) is 0.0962. The number of hydrogen-bond acceptors (Lipinski definition) is 2. The molecule has 1 saturated heterocycles. The number of carbonyl (C=O) groups excluding carboxylic acids is 1. The Morgan fingerprint density at radius 1 is 1.62 bits per heavy atom. The second kappa shape index (κ2) is 3.61. The molecule has 1 aliphatic rings. The Morgan fingerprint density at radius 3 is 1.75 bits per heavy atom. The molecule has 1 rings (SSSR count). The highest BCUT2D eigenvalue weighted by Gasteiger charge is 2.13. The molecule has 0 bridgehead atoms. The van der Waals surface area contributed by atoms with Crippen LogP contribution in [0.5, 0.6) is 0 Å². The first-order valence-electron chi connectivity index (χ1n) is 2.71. The van der Waals surface area contributed by atoms with Crippen molar-refractivity contribution >= 4 is 5.78 Å². The van der Waals surface area contributed by atoms with Crippen molar-refractivity contribution in [3.05, 3.63) is 0 Å². The maximum absolute atomic E-state index is 9.44. The van der Waals surface area contributed by atoms with Crippen LogP contribution in [-0.2, 0) is 9.53 Å². The van der Waals surface area contributed by atoms with Gasteiger partial charge in [0.1, 0.15) is 5.78 Å². The molecule has 1 atom stereocenters. The van der Waals surface area contributed by atoms with Gasteiger partial charge in [0.05, 0.1) is 12.7 Å². The number of ether oxygens (including phenoxy) is 1. The zero-order chi connectivity index (χ0) is 6.57. The van der Waals surface area contributed by atoms with Crippen LogP contribution in [-0.4, -0.2) is 18.5 Å². The fourth-order valence-corrected chi connectivity index (χ4v) is 0.0962. The summed E-state index contributed by atoms with van der Waals surface area (Å²) in [6.45, 7) is 6.10. The summed E-state index contributed by atoms with van der Waals surface area (Å²) in [5.74, 6) is 0.167. The van der Waals surface area contributed by atoms with Gasteiger partial charge in [0.2, 0.25) is 0 Å². The molecule has 2 heteroatoms. The zero-order valence-electron chi connectivity index (χ0n) is 5.60. The first-order valence-corrected chi connectivity index (χ1v) is 2.71. The van der Waals surface area contributed by atoms with E-state index in [2.05, 4.69) is 6.92 Å². The lowest BCUT2D eigenvalue weighted by atomic mass is 10.6. The van der Waals surface area contributed by atoms with Crippen LogP contribution in [0, 0.1) is 0 Å². The number of epoxide rings is 1. The van der Waals surface area contributed by atoms with E-state index in [0.29, 0.717) is 6.10 Å². The van der Waals surface area contributed by atoms with Gasteiger partial charge in [-0.2, -0.15) is 0 Å². The minimum absolute atomic E-state index is 0.167. The molecule has 0 radical (unpaired) electrons. The number of ketones is 1. The summed E-state index contributed by atoms with van der Waals surface area (Å²) >= 11 is 0. The maximum atomic E-state index is 9.44. The summed E-state index contributed by atoms with van der Waals surface area (Å²) in [4.78, 5) is 9.44. The quantitative estimate of drug-likeness (QED) is 0.442. The van der Waals surface area contributed by atoms with Gasteiger partial charge in [0.25, 0.3) is 0 Å². The third-order valence-corrected chi connectivity index (χ3v) is 0.500. The lowest BCUT2D eigenvalue weighted by molar-refractivity contribution is -0.114. The van der Waals surface area contributed by atoms with Crippen LogP contribution in [0.25, 0.3) is 0 Å². The maximum Gasteiger partial charge on any atom is 0.126 e. The molecule has 48 valence electrons. The first kappa shape index (κ1) is 7.63. The van der Waals surface area contributed by atoms with Crippen LogP contribution in [0.15, 0.2) is 0 Å². The van der Waals surface area contributed by atoms with E-state index < -0.39 is 0 Å². The Labute approximate surface area is 49.8 Å². The van der Waals surface area contributed by atoms with Crippen molar-refractivity contribution in [3.63, 3.8) is 0 Å². The van der Waals surface area contributed by atoms with Crippen LogP contribution in [0.4, 0.5) is 0 Å². The van der Waals surface area contributed by atoms with Crippen LogP contribution in [0.3, 0.4) is 0 Å². The third kappa shape index (κ3) is 17.4. The lowest BCUT2D eigenvalue weighted by Crippen LogP contribution is -1.69. The Bertz CT molecular complexity index is 70.6. The lowest BCUT2D eigenvalue weighted by Gasteiger charge is -1.56. The Morgan fingerprint density at radius 2 is 1.75 bits per heavy atom. The van der Waals surface area contributed by atoms with Gasteiger partial charge in [0, 0.05) is 0 Å². The third-order valence-electron chi connectivity index (χ3n) is 0.500. The number of rotatable bonds is 0. The average molecular weight is 116 g/mol. The van der Waals surface area contributed by atoms with Crippen molar-refractivity contribution in [1.29, 1.82) is 0 Å². The smallest absolute Gasteiger partial charge is 0.126 e. The Balaban J connectivity index is 0.000000122. The molecule has 1 heterocycles. The molecule has 0 spiro atoms. The fraction of sp³-hybridized carbons (Fsp3) is 0.833. The van der Waals surface area contributed by atoms with Gasteiger partial charge in [-0.1, -0.05) is 0 Å². The van der Waals surface area contributed by atoms with Gasteiger partial charge in [0.15, 0.2) is 0 Å². The van der Waals surface area contributed by atoms with Crippen LogP contribution in [0.1, 0.15) is 20.8 Å². The summed E-state index contributed by atoms with van der Waals surface area (Å²) < 4.78 is 4.71.